The summed E-state index contributed by atoms with van der Waals surface area (Å²) in [5.41, 5.74) is 2.91. The molecule has 8 heteroatoms. The first-order chi connectivity index (χ1) is 14.3. The fraction of sp³-hybridized carbons (Fsp3) is 0.545. The molecular weight excluding hydrogens is 398 g/mol. The Balaban J connectivity index is 1.57. The van der Waals surface area contributed by atoms with Gasteiger partial charge in [-0.2, -0.15) is 5.26 Å². The number of aromatic nitrogens is 2. The molecule has 0 aromatic carbocycles. The number of hydrogen-bond donors (Lipinski definition) is 2. The molecule has 160 valence electrons. The van der Waals surface area contributed by atoms with E-state index in [1.165, 1.54) is 17.8 Å². The molecule has 1 aliphatic heterocycles. The molecule has 7 nitrogen and oxygen atoms in total. The summed E-state index contributed by atoms with van der Waals surface area (Å²) in [5, 5.41) is 14.7. The molecule has 2 atom stereocenters. The largest absolute Gasteiger partial charge is 0.325 e. The quantitative estimate of drug-likeness (QED) is 0.736. The molecule has 0 saturated carbocycles. The molecule has 1 fully saturated rings. The van der Waals surface area contributed by atoms with Crippen LogP contribution in [0.5, 0.6) is 0 Å². The summed E-state index contributed by atoms with van der Waals surface area (Å²) in [4.78, 5) is 34.0. The second-order valence-electron chi connectivity index (χ2n) is 8.50. The Bertz CT molecular complexity index is 1010. The van der Waals surface area contributed by atoms with Crippen molar-refractivity contribution in [3.8, 4) is 6.07 Å². The van der Waals surface area contributed by atoms with Gasteiger partial charge in [-0.1, -0.05) is 13.8 Å². The SMILES string of the molecule is Cc1[nH]c(=O)c(C#N)c(C)c1CCC(=O)Nc1nc(CN2C[C@@H](C)C[C@H](C)C2)cs1. The van der Waals surface area contributed by atoms with Gasteiger partial charge in [0.1, 0.15) is 11.6 Å². The zero-order chi connectivity index (χ0) is 21.8. The van der Waals surface area contributed by atoms with Gasteiger partial charge in [-0.25, -0.2) is 4.98 Å². The maximum Gasteiger partial charge on any atom is 0.266 e. The fourth-order valence-electron chi connectivity index (χ4n) is 4.43. The van der Waals surface area contributed by atoms with Crippen molar-refractivity contribution in [2.45, 2.75) is 53.5 Å². The topological polar surface area (TPSA) is 102 Å². The summed E-state index contributed by atoms with van der Waals surface area (Å²) in [6.45, 7) is 11.1. The van der Waals surface area contributed by atoms with E-state index < -0.39 is 0 Å². The lowest BCUT2D eigenvalue weighted by Crippen LogP contribution is -2.38. The first kappa shape index (κ1) is 22.2. The van der Waals surface area contributed by atoms with Gasteiger partial charge in [0, 0.05) is 37.1 Å². The van der Waals surface area contributed by atoms with Crippen LogP contribution >= 0.6 is 11.3 Å². The molecule has 2 N–H and O–H groups in total. The average Bonchev–Trinajstić information content (AvgIpc) is 3.07. The van der Waals surface area contributed by atoms with Crippen molar-refractivity contribution in [1.29, 1.82) is 5.26 Å². The van der Waals surface area contributed by atoms with Crippen LogP contribution in [0.3, 0.4) is 0 Å². The van der Waals surface area contributed by atoms with Gasteiger partial charge < -0.3 is 10.3 Å². The summed E-state index contributed by atoms with van der Waals surface area (Å²) < 4.78 is 0. The zero-order valence-electron chi connectivity index (χ0n) is 18.0. The number of anilines is 1. The number of aromatic amines is 1. The van der Waals surface area contributed by atoms with Crippen molar-refractivity contribution in [1.82, 2.24) is 14.9 Å². The van der Waals surface area contributed by atoms with Crippen LogP contribution in [0.1, 0.15) is 54.8 Å². The van der Waals surface area contributed by atoms with Crippen LogP contribution in [0.4, 0.5) is 5.13 Å². The first-order valence-electron chi connectivity index (χ1n) is 10.4. The summed E-state index contributed by atoms with van der Waals surface area (Å²) in [5.74, 6) is 1.28. The molecule has 30 heavy (non-hydrogen) atoms. The number of carbonyl (C=O) groups is 1. The molecule has 1 amide bonds. The minimum Gasteiger partial charge on any atom is -0.325 e. The van der Waals surface area contributed by atoms with Gasteiger partial charge in [-0.05, 0) is 49.7 Å². The highest BCUT2D eigenvalue weighted by atomic mass is 32.1. The maximum absolute atomic E-state index is 12.4. The normalized spacial score (nSPS) is 19.4. The Morgan fingerprint density at radius 2 is 2.07 bits per heavy atom. The van der Waals surface area contributed by atoms with E-state index in [-0.39, 0.29) is 23.5 Å². The summed E-state index contributed by atoms with van der Waals surface area (Å²) in [6.07, 6.45) is 1.99. The average molecular weight is 428 g/mol. The van der Waals surface area contributed by atoms with E-state index in [1.807, 2.05) is 11.4 Å². The lowest BCUT2D eigenvalue weighted by Gasteiger charge is -2.34. The Morgan fingerprint density at radius 3 is 2.73 bits per heavy atom. The van der Waals surface area contributed by atoms with Gasteiger partial charge in [0.25, 0.3) is 5.56 Å². The van der Waals surface area contributed by atoms with E-state index in [2.05, 4.69) is 34.0 Å². The van der Waals surface area contributed by atoms with Crippen LogP contribution in [0.2, 0.25) is 0 Å². The first-order valence-corrected chi connectivity index (χ1v) is 11.2. The number of H-pyrrole nitrogens is 1. The lowest BCUT2D eigenvalue weighted by molar-refractivity contribution is -0.116. The molecule has 0 bridgehead atoms. The second kappa shape index (κ2) is 9.54. The van der Waals surface area contributed by atoms with E-state index in [0.717, 1.165) is 30.9 Å². The third kappa shape index (κ3) is 5.35. The van der Waals surface area contributed by atoms with Gasteiger partial charge >= 0.3 is 0 Å². The molecule has 2 aromatic heterocycles. The minimum absolute atomic E-state index is 0.113. The molecule has 0 aliphatic carbocycles. The summed E-state index contributed by atoms with van der Waals surface area (Å²) >= 11 is 1.44. The number of thiazole rings is 1. The van der Waals surface area contributed by atoms with E-state index in [0.29, 0.717) is 34.6 Å². The molecule has 2 aromatic rings. The fourth-order valence-corrected chi connectivity index (χ4v) is 5.15. The summed E-state index contributed by atoms with van der Waals surface area (Å²) in [7, 11) is 0. The molecule has 3 rings (SSSR count). The van der Waals surface area contributed by atoms with Crippen LogP contribution in [0, 0.1) is 37.0 Å². The standard InChI is InChI=1S/C22H29N5O2S/c1-13-7-14(2)10-27(9-13)11-17-12-30-22(25-17)26-20(28)6-5-18-15(3)19(8-23)21(29)24-16(18)4/h12-14H,5-7,9-11H2,1-4H3,(H,24,29)(H,25,26,28)/t13-,14-/m0/s1. The van der Waals surface area contributed by atoms with Crippen LogP contribution in [-0.4, -0.2) is 33.9 Å². The number of hydrogen-bond acceptors (Lipinski definition) is 6. The molecule has 1 saturated heterocycles. The van der Waals surface area contributed by atoms with Crippen molar-refractivity contribution >= 4 is 22.4 Å². The number of aryl methyl sites for hydroxylation is 1. The van der Waals surface area contributed by atoms with Gasteiger partial charge in [0.2, 0.25) is 5.91 Å². The maximum atomic E-state index is 12.4. The van der Waals surface area contributed by atoms with Gasteiger partial charge in [0.15, 0.2) is 5.13 Å². The van der Waals surface area contributed by atoms with Crippen LogP contribution in [0.25, 0.3) is 0 Å². The predicted molar refractivity (Wildman–Crippen MR) is 119 cm³/mol. The van der Waals surface area contributed by atoms with Crippen molar-refractivity contribution in [3.63, 3.8) is 0 Å². The van der Waals surface area contributed by atoms with Crippen molar-refractivity contribution in [2.75, 3.05) is 18.4 Å². The van der Waals surface area contributed by atoms with Crippen LogP contribution in [-0.2, 0) is 17.8 Å². The van der Waals surface area contributed by atoms with E-state index in [9.17, 15) is 14.9 Å². The van der Waals surface area contributed by atoms with Crippen molar-refractivity contribution in [2.24, 2.45) is 11.8 Å². The van der Waals surface area contributed by atoms with Gasteiger partial charge in [-0.3, -0.25) is 14.5 Å². The van der Waals surface area contributed by atoms with Crippen LogP contribution < -0.4 is 10.9 Å². The van der Waals surface area contributed by atoms with E-state index in [1.54, 1.807) is 13.8 Å². The van der Waals surface area contributed by atoms with E-state index in [4.69, 9.17) is 0 Å². The molecule has 1 aliphatic rings. The Morgan fingerprint density at radius 1 is 1.37 bits per heavy atom. The number of nitrogens with zero attached hydrogens (tertiary/aromatic N) is 3. The van der Waals surface area contributed by atoms with Gasteiger partial charge in [-0.15, -0.1) is 11.3 Å². The lowest BCUT2D eigenvalue weighted by atomic mass is 9.92. The molecular formula is C22H29N5O2S. The third-order valence-corrected chi connectivity index (χ3v) is 6.46. The van der Waals surface area contributed by atoms with Gasteiger partial charge in [0.05, 0.1) is 5.69 Å². The number of nitriles is 1. The number of nitrogens with one attached hydrogen (secondary N) is 2. The highest BCUT2D eigenvalue weighted by Crippen LogP contribution is 2.24. The molecule has 0 radical (unpaired) electrons. The predicted octanol–water partition coefficient (Wildman–Crippen LogP) is 3.37. The van der Waals surface area contributed by atoms with E-state index >= 15 is 0 Å². The zero-order valence-corrected chi connectivity index (χ0v) is 18.9. The summed E-state index contributed by atoms with van der Waals surface area (Å²) in [6, 6.07) is 1.94. The Hall–Kier alpha value is -2.50. The molecule has 0 unspecified atom stereocenters. The highest BCUT2D eigenvalue weighted by molar-refractivity contribution is 7.13. The second-order valence-corrected chi connectivity index (χ2v) is 9.36. The molecule has 3 heterocycles. The smallest absolute Gasteiger partial charge is 0.266 e. The number of rotatable bonds is 6. The number of likely N-dealkylation sites (tertiary alicyclic amines) is 1. The number of amides is 1. The Labute approximate surface area is 181 Å². The van der Waals surface area contributed by atoms with Crippen molar-refractivity contribution < 1.29 is 4.79 Å². The highest BCUT2D eigenvalue weighted by Gasteiger charge is 2.22. The number of piperidine rings is 1. The monoisotopic (exact) mass is 427 g/mol. The minimum atomic E-state index is -0.381. The number of carbonyl (C=O) groups excluding carboxylic acids is 1. The van der Waals surface area contributed by atoms with Crippen LogP contribution in [0.15, 0.2) is 10.2 Å². The van der Waals surface area contributed by atoms with Crippen molar-refractivity contribution in [3.05, 3.63) is 43.8 Å². The third-order valence-electron chi connectivity index (χ3n) is 5.65. The Kier molecular flexibility index (Phi) is 7.06. The number of pyridine rings is 1. The molecule has 0 spiro atoms.